The van der Waals surface area contributed by atoms with Crippen molar-refractivity contribution in [1.82, 2.24) is 9.80 Å². The summed E-state index contributed by atoms with van der Waals surface area (Å²) >= 11 is 0. The van der Waals surface area contributed by atoms with Crippen LogP contribution in [0.1, 0.15) is 30.6 Å². The van der Waals surface area contributed by atoms with Gasteiger partial charge >= 0.3 is 6.09 Å². The van der Waals surface area contributed by atoms with Gasteiger partial charge in [0.2, 0.25) is 5.75 Å². The molecule has 2 aliphatic rings. The summed E-state index contributed by atoms with van der Waals surface area (Å²) < 4.78 is 21.9. The molecule has 1 aromatic rings. The molecule has 2 heterocycles. The van der Waals surface area contributed by atoms with Crippen molar-refractivity contribution in [2.45, 2.75) is 20.3 Å². The highest BCUT2D eigenvalue weighted by molar-refractivity contribution is 5.95. The van der Waals surface area contributed by atoms with Crippen molar-refractivity contribution in [2.24, 2.45) is 5.92 Å². The van der Waals surface area contributed by atoms with E-state index in [-0.39, 0.29) is 12.0 Å². The summed E-state index contributed by atoms with van der Waals surface area (Å²) in [5.41, 5.74) is 0.483. The number of benzene rings is 1. The monoisotopic (exact) mass is 392 g/mol. The molecule has 2 amide bonds. The third-order valence-electron chi connectivity index (χ3n) is 4.66. The van der Waals surface area contributed by atoms with Crippen LogP contribution in [-0.4, -0.2) is 74.9 Å². The summed E-state index contributed by atoms with van der Waals surface area (Å²) in [6, 6.07) is 3.37. The van der Waals surface area contributed by atoms with Crippen molar-refractivity contribution in [3.8, 4) is 17.2 Å². The second kappa shape index (κ2) is 9.03. The number of rotatable bonds is 4. The molecule has 0 N–H and O–H groups in total. The topological polar surface area (TPSA) is 77.5 Å². The number of amides is 2. The number of ether oxygens (including phenoxy) is 4. The Bertz CT molecular complexity index is 704. The molecule has 0 aliphatic carbocycles. The summed E-state index contributed by atoms with van der Waals surface area (Å²) in [7, 11) is 1.54. The SMILES string of the molecule is COc1cc(C(=O)N2CCCN(C(=O)OCC(C)C)CC2)cc2c1OCCO2. The molecule has 8 heteroatoms. The van der Waals surface area contributed by atoms with Gasteiger partial charge in [-0.05, 0) is 24.5 Å². The van der Waals surface area contributed by atoms with Crippen molar-refractivity contribution < 1.29 is 28.5 Å². The lowest BCUT2D eigenvalue weighted by Crippen LogP contribution is -2.38. The number of carbonyl (C=O) groups excluding carboxylic acids is 2. The van der Waals surface area contributed by atoms with Crippen LogP contribution in [-0.2, 0) is 4.74 Å². The van der Waals surface area contributed by atoms with Gasteiger partial charge in [-0.15, -0.1) is 0 Å². The van der Waals surface area contributed by atoms with Crippen LogP contribution >= 0.6 is 0 Å². The van der Waals surface area contributed by atoms with Crippen LogP contribution in [0.3, 0.4) is 0 Å². The van der Waals surface area contributed by atoms with Crippen molar-refractivity contribution in [2.75, 3.05) is 53.1 Å². The summed E-state index contributed by atoms with van der Waals surface area (Å²) in [5, 5.41) is 0. The molecule has 0 radical (unpaired) electrons. The molecule has 0 aromatic heterocycles. The van der Waals surface area contributed by atoms with Gasteiger partial charge in [-0.1, -0.05) is 13.8 Å². The number of nitrogens with zero attached hydrogens (tertiary/aromatic N) is 2. The van der Waals surface area contributed by atoms with Gasteiger partial charge < -0.3 is 28.7 Å². The van der Waals surface area contributed by atoms with Crippen LogP contribution in [0.15, 0.2) is 12.1 Å². The molecule has 0 saturated carbocycles. The van der Waals surface area contributed by atoms with E-state index in [0.29, 0.717) is 81.2 Å². The summed E-state index contributed by atoms with van der Waals surface area (Å²) in [6.45, 7) is 7.33. The molecule has 1 saturated heterocycles. The first kappa shape index (κ1) is 20.1. The maximum atomic E-state index is 13.0. The quantitative estimate of drug-likeness (QED) is 0.783. The van der Waals surface area contributed by atoms with Gasteiger partial charge in [-0.3, -0.25) is 4.79 Å². The average molecular weight is 392 g/mol. The molecule has 1 fully saturated rings. The smallest absolute Gasteiger partial charge is 0.409 e. The van der Waals surface area contributed by atoms with Gasteiger partial charge in [-0.25, -0.2) is 4.79 Å². The molecular weight excluding hydrogens is 364 g/mol. The highest BCUT2D eigenvalue weighted by Gasteiger charge is 2.26. The highest BCUT2D eigenvalue weighted by Crippen LogP contribution is 2.40. The Morgan fingerprint density at radius 2 is 1.79 bits per heavy atom. The lowest BCUT2D eigenvalue weighted by Gasteiger charge is -2.24. The highest BCUT2D eigenvalue weighted by atomic mass is 16.6. The van der Waals surface area contributed by atoms with Crippen LogP contribution in [0.25, 0.3) is 0 Å². The Morgan fingerprint density at radius 3 is 2.54 bits per heavy atom. The van der Waals surface area contributed by atoms with E-state index >= 15 is 0 Å². The van der Waals surface area contributed by atoms with Gasteiger partial charge in [0, 0.05) is 31.7 Å². The van der Waals surface area contributed by atoms with Gasteiger partial charge in [0.05, 0.1) is 13.7 Å². The molecule has 3 rings (SSSR count). The van der Waals surface area contributed by atoms with Crippen LogP contribution in [0.5, 0.6) is 17.2 Å². The van der Waals surface area contributed by atoms with Crippen molar-refractivity contribution in [1.29, 1.82) is 0 Å². The van der Waals surface area contributed by atoms with Crippen LogP contribution in [0, 0.1) is 5.92 Å². The predicted molar refractivity (Wildman–Crippen MR) is 102 cm³/mol. The lowest BCUT2D eigenvalue weighted by molar-refractivity contribution is 0.0745. The van der Waals surface area contributed by atoms with Gasteiger partial charge in [0.25, 0.3) is 5.91 Å². The zero-order valence-electron chi connectivity index (χ0n) is 16.7. The standard InChI is InChI=1S/C20H28N2O6/c1-14(2)13-28-20(24)22-6-4-5-21(7-8-22)19(23)15-11-16(25-3)18-17(12-15)26-9-10-27-18/h11-12,14H,4-10,13H2,1-3H3. The number of hydrogen-bond donors (Lipinski definition) is 0. The molecule has 154 valence electrons. The molecule has 0 unspecified atom stereocenters. The van der Waals surface area contributed by atoms with E-state index in [1.165, 1.54) is 7.11 Å². The predicted octanol–water partition coefficient (Wildman–Crippen LogP) is 2.41. The van der Waals surface area contributed by atoms with Crippen LogP contribution in [0.2, 0.25) is 0 Å². The summed E-state index contributed by atoms with van der Waals surface area (Å²) in [4.78, 5) is 28.7. The molecular formula is C20H28N2O6. The molecule has 0 atom stereocenters. The normalized spacial score (nSPS) is 16.6. The zero-order valence-corrected chi connectivity index (χ0v) is 16.7. The minimum Gasteiger partial charge on any atom is -0.493 e. The van der Waals surface area contributed by atoms with E-state index in [1.807, 2.05) is 13.8 Å². The molecule has 2 aliphatic heterocycles. The van der Waals surface area contributed by atoms with E-state index in [4.69, 9.17) is 18.9 Å². The third-order valence-corrected chi connectivity index (χ3v) is 4.66. The first-order valence-corrected chi connectivity index (χ1v) is 9.68. The minimum absolute atomic E-state index is 0.118. The van der Waals surface area contributed by atoms with Gasteiger partial charge in [0.15, 0.2) is 11.5 Å². The molecule has 8 nitrogen and oxygen atoms in total. The maximum absolute atomic E-state index is 13.0. The Labute approximate surface area is 165 Å². The average Bonchev–Trinajstić information content (AvgIpc) is 2.96. The first-order valence-electron chi connectivity index (χ1n) is 9.68. The Kier molecular flexibility index (Phi) is 6.49. The largest absolute Gasteiger partial charge is 0.493 e. The zero-order chi connectivity index (χ0) is 20.1. The fourth-order valence-electron chi connectivity index (χ4n) is 3.21. The summed E-state index contributed by atoms with van der Waals surface area (Å²) in [5.74, 6) is 1.70. The lowest BCUT2D eigenvalue weighted by atomic mass is 10.1. The second-order valence-electron chi connectivity index (χ2n) is 7.31. The van der Waals surface area contributed by atoms with Crippen LogP contribution in [0.4, 0.5) is 4.79 Å². The van der Waals surface area contributed by atoms with E-state index in [1.54, 1.807) is 21.9 Å². The fraction of sp³-hybridized carbons (Fsp3) is 0.600. The summed E-state index contributed by atoms with van der Waals surface area (Å²) in [6.07, 6.45) is 0.383. The Morgan fingerprint density at radius 1 is 1.07 bits per heavy atom. The Hall–Kier alpha value is -2.64. The second-order valence-corrected chi connectivity index (χ2v) is 7.31. The van der Waals surface area contributed by atoms with Crippen molar-refractivity contribution in [3.63, 3.8) is 0 Å². The van der Waals surface area contributed by atoms with E-state index in [2.05, 4.69) is 0 Å². The molecule has 1 aromatic carbocycles. The maximum Gasteiger partial charge on any atom is 0.409 e. The molecule has 28 heavy (non-hydrogen) atoms. The van der Waals surface area contributed by atoms with E-state index in [9.17, 15) is 9.59 Å². The Balaban J connectivity index is 1.67. The van der Waals surface area contributed by atoms with Gasteiger partial charge in [0.1, 0.15) is 13.2 Å². The first-order chi connectivity index (χ1) is 13.5. The van der Waals surface area contributed by atoms with E-state index in [0.717, 1.165) is 0 Å². The number of hydrogen-bond acceptors (Lipinski definition) is 6. The van der Waals surface area contributed by atoms with Crippen molar-refractivity contribution in [3.05, 3.63) is 17.7 Å². The fourth-order valence-corrected chi connectivity index (χ4v) is 3.21. The minimum atomic E-state index is -0.316. The molecule has 0 spiro atoms. The van der Waals surface area contributed by atoms with E-state index < -0.39 is 0 Å². The molecule has 0 bridgehead atoms. The third kappa shape index (κ3) is 4.61. The number of methoxy groups -OCH3 is 1. The number of fused-ring (bicyclic) bond motifs is 1. The van der Waals surface area contributed by atoms with Crippen LogP contribution < -0.4 is 14.2 Å². The number of carbonyl (C=O) groups is 2. The van der Waals surface area contributed by atoms with Gasteiger partial charge in [-0.2, -0.15) is 0 Å². The van der Waals surface area contributed by atoms with Crippen molar-refractivity contribution >= 4 is 12.0 Å².